The third-order valence-electron chi connectivity index (χ3n) is 1.70. The van der Waals surface area contributed by atoms with Gasteiger partial charge >= 0.3 is 5.97 Å². The van der Waals surface area contributed by atoms with Crippen molar-refractivity contribution in [2.75, 3.05) is 0 Å². The Morgan fingerprint density at radius 3 is 2.82 bits per heavy atom. The van der Waals surface area contributed by atoms with Crippen molar-refractivity contribution in [1.29, 1.82) is 0 Å². The molecule has 1 fully saturated rings. The van der Waals surface area contributed by atoms with E-state index in [4.69, 9.17) is 4.74 Å². The topological polar surface area (TPSA) is 43.4 Å². The number of hydrogen-bond acceptors (Lipinski definition) is 3. The normalized spacial score (nSPS) is 25.2. The van der Waals surface area contributed by atoms with Crippen molar-refractivity contribution >= 4 is 11.8 Å². The summed E-state index contributed by atoms with van der Waals surface area (Å²) in [5.41, 5.74) is 0.423. The van der Waals surface area contributed by atoms with Gasteiger partial charge < -0.3 is 4.74 Å². The summed E-state index contributed by atoms with van der Waals surface area (Å²) in [4.78, 5) is 21.7. The van der Waals surface area contributed by atoms with Crippen LogP contribution < -0.4 is 0 Å². The van der Waals surface area contributed by atoms with Crippen LogP contribution in [0.3, 0.4) is 0 Å². The first kappa shape index (κ1) is 7.98. The number of hydrogen-bond donors (Lipinski definition) is 0. The molecule has 0 aliphatic carbocycles. The zero-order valence-corrected chi connectivity index (χ0v) is 6.42. The molecular formula is C8H10O3. The number of esters is 1. The van der Waals surface area contributed by atoms with E-state index in [1.54, 1.807) is 0 Å². The van der Waals surface area contributed by atoms with Crippen LogP contribution in [0, 0.1) is 0 Å². The number of rotatable bonds is 1. The van der Waals surface area contributed by atoms with E-state index in [0.29, 0.717) is 12.0 Å². The van der Waals surface area contributed by atoms with E-state index in [1.165, 1.54) is 0 Å². The Morgan fingerprint density at radius 2 is 2.27 bits per heavy atom. The molecule has 1 rings (SSSR count). The maximum atomic E-state index is 11.0. The molecule has 0 saturated carbocycles. The molecule has 0 bridgehead atoms. The highest BCUT2D eigenvalue weighted by Gasteiger charge is 2.28. The molecule has 0 aromatic rings. The summed E-state index contributed by atoms with van der Waals surface area (Å²) in [6.07, 6.45) is 0.0924. The van der Waals surface area contributed by atoms with Gasteiger partial charge in [-0.15, -0.1) is 0 Å². The first-order valence-corrected chi connectivity index (χ1v) is 3.56. The Morgan fingerprint density at radius 1 is 1.64 bits per heavy atom. The second kappa shape index (κ2) is 2.86. The molecule has 1 aliphatic heterocycles. The third kappa shape index (κ3) is 1.48. The molecule has 1 heterocycles. The molecule has 0 radical (unpaired) electrons. The first-order valence-electron chi connectivity index (χ1n) is 3.56. The first-order chi connectivity index (χ1) is 5.15. The largest absolute Gasteiger partial charge is 0.457 e. The summed E-state index contributed by atoms with van der Waals surface area (Å²) in [5, 5.41) is 0. The summed E-state index contributed by atoms with van der Waals surface area (Å²) < 4.78 is 4.86. The van der Waals surface area contributed by atoms with Gasteiger partial charge in [0, 0.05) is 5.57 Å². The van der Waals surface area contributed by atoms with Crippen molar-refractivity contribution in [3.8, 4) is 0 Å². The molecule has 1 saturated heterocycles. The Bertz CT molecular complexity index is 217. The molecule has 11 heavy (non-hydrogen) atoms. The highest BCUT2D eigenvalue weighted by Crippen LogP contribution is 2.17. The maximum absolute atomic E-state index is 11.0. The van der Waals surface area contributed by atoms with Gasteiger partial charge in [0.05, 0.1) is 0 Å². The van der Waals surface area contributed by atoms with Crippen molar-refractivity contribution < 1.29 is 14.3 Å². The molecule has 0 N–H and O–H groups in total. The second-order valence-electron chi connectivity index (χ2n) is 2.51. The number of cyclic esters (lactones) is 1. The minimum Gasteiger partial charge on any atom is -0.457 e. The lowest BCUT2D eigenvalue weighted by atomic mass is 10.00. The fourth-order valence-electron chi connectivity index (χ4n) is 1.03. The summed E-state index contributed by atoms with van der Waals surface area (Å²) >= 11 is 0. The smallest absolute Gasteiger partial charge is 0.314 e. The molecule has 0 amide bonds. The van der Waals surface area contributed by atoms with Crippen LogP contribution in [0.5, 0.6) is 0 Å². The lowest BCUT2D eigenvalue weighted by Gasteiger charge is -2.21. The van der Waals surface area contributed by atoms with E-state index < -0.39 is 5.97 Å². The van der Waals surface area contributed by atoms with Crippen molar-refractivity contribution in [3.05, 3.63) is 12.2 Å². The van der Waals surface area contributed by atoms with Crippen LogP contribution >= 0.6 is 0 Å². The highest BCUT2D eigenvalue weighted by atomic mass is 16.5. The monoisotopic (exact) mass is 154 g/mol. The van der Waals surface area contributed by atoms with Crippen molar-refractivity contribution in [1.82, 2.24) is 0 Å². The number of carbonyl (C=O) groups excluding carboxylic acids is 2. The third-order valence-corrected chi connectivity index (χ3v) is 1.70. The molecule has 3 heteroatoms. The van der Waals surface area contributed by atoms with E-state index in [2.05, 4.69) is 6.58 Å². The van der Waals surface area contributed by atoms with Crippen molar-refractivity contribution in [2.45, 2.75) is 25.9 Å². The Labute approximate surface area is 65.0 Å². The zero-order valence-electron chi connectivity index (χ0n) is 6.42. The van der Waals surface area contributed by atoms with E-state index in [9.17, 15) is 9.59 Å². The molecule has 0 unspecified atom stereocenters. The van der Waals surface area contributed by atoms with Gasteiger partial charge in [-0.1, -0.05) is 13.5 Å². The fourth-order valence-corrected chi connectivity index (χ4v) is 1.03. The summed E-state index contributed by atoms with van der Waals surface area (Å²) in [6, 6.07) is 0. The molecule has 1 atom stereocenters. The Kier molecular flexibility index (Phi) is 2.08. The Balaban J connectivity index is 2.74. The number of ketones is 1. The molecule has 0 spiro atoms. The van der Waals surface area contributed by atoms with Gasteiger partial charge in [0.2, 0.25) is 0 Å². The number of Topliss-reactive ketones (excluding diaryl/α,β-unsaturated/α-hetero) is 1. The summed E-state index contributed by atoms with van der Waals surface area (Å²) in [7, 11) is 0. The quantitative estimate of drug-likeness (QED) is 0.319. The highest BCUT2D eigenvalue weighted by molar-refractivity contribution is 6.07. The summed E-state index contributed by atoms with van der Waals surface area (Å²) in [6.45, 7) is 5.40. The van der Waals surface area contributed by atoms with E-state index in [1.807, 2.05) is 6.92 Å². The van der Waals surface area contributed by atoms with Gasteiger partial charge in [-0.05, 0) is 6.42 Å². The van der Waals surface area contributed by atoms with Crippen LogP contribution in [0.1, 0.15) is 19.8 Å². The van der Waals surface area contributed by atoms with E-state index in [-0.39, 0.29) is 18.3 Å². The lowest BCUT2D eigenvalue weighted by Crippen LogP contribution is -2.31. The Hall–Kier alpha value is -1.12. The van der Waals surface area contributed by atoms with Gasteiger partial charge in [-0.25, -0.2) is 0 Å². The van der Waals surface area contributed by atoms with Crippen LogP contribution in [0.15, 0.2) is 12.2 Å². The minimum absolute atomic E-state index is 0.144. The summed E-state index contributed by atoms with van der Waals surface area (Å²) in [5.74, 6) is -0.623. The number of ether oxygens (including phenoxy) is 1. The van der Waals surface area contributed by atoms with Crippen molar-refractivity contribution in [3.63, 3.8) is 0 Å². The molecule has 3 nitrogen and oxygen atoms in total. The van der Waals surface area contributed by atoms with Gasteiger partial charge in [-0.2, -0.15) is 0 Å². The molecule has 0 aromatic heterocycles. The standard InChI is InChI=1S/C8H10O3/c1-3-7-5(2)6(9)4-8(10)11-7/h7H,2-4H2,1H3/t7-/m1/s1. The molecular weight excluding hydrogens is 144 g/mol. The molecule has 60 valence electrons. The maximum Gasteiger partial charge on any atom is 0.314 e. The van der Waals surface area contributed by atoms with E-state index in [0.717, 1.165) is 0 Å². The van der Waals surface area contributed by atoms with Gasteiger partial charge in [0.25, 0.3) is 0 Å². The predicted octanol–water partition coefficient (Wildman–Crippen LogP) is 0.837. The van der Waals surface area contributed by atoms with Crippen LogP contribution in [0.2, 0.25) is 0 Å². The van der Waals surface area contributed by atoms with Gasteiger partial charge in [-0.3, -0.25) is 9.59 Å². The number of carbonyl (C=O) groups is 2. The van der Waals surface area contributed by atoms with Gasteiger partial charge in [0.1, 0.15) is 12.5 Å². The molecule has 0 aromatic carbocycles. The second-order valence-corrected chi connectivity index (χ2v) is 2.51. The van der Waals surface area contributed by atoms with Crippen LogP contribution in [0.4, 0.5) is 0 Å². The van der Waals surface area contributed by atoms with E-state index >= 15 is 0 Å². The van der Waals surface area contributed by atoms with Gasteiger partial charge in [0.15, 0.2) is 5.78 Å². The van der Waals surface area contributed by atoms with Crippen LogP contribution in [-0.2, 0) is 14.3 Å². The van der Waals surface area contributed by atoms with Crippen LogP contribution in [0.25, 0.3) is 0 Å². The average molecular weight is 154 g/mol. The van der Waals surface area contributed by atoms with Crippen molar-refractivity contribution in [2.24, 2.45) is 0 Å². The SMILES string of the molecule is C=C1C(=O)CC(=O)O[C@@H]1CC. The lowest BCUT2D eigenvalue weighted by molar-refractivity contribution is -0.153. The fraction of sp³-hybridized carbons (Fsp3) is 0.500. The minimum atomic E-state index is -0.436. The average Bonchev–Trinajstić information content (AvgIpc) is 1.96. The zero-order chi connectivity index (χ0) is 8.43. The molecule has 1 aliphatic rings. The van der Waals surface area contributed by atoms with Crippen LogP contribution in [-0.4, -0.2) is 17.9 Å². The predicted molar refractivity (Wildman–Crippen MR) is 38.9 cm³/mol.